The van der Waals surface area contributed by atoms with Crippen LogP contribution in [0, 0.1) is 0 Å². The minimum Gasteiger partial charge on any atom is -0.408 e. The normalized spacial score (nSPS) is 11.4. The summed E-state index contributed by atoms with van der Waals surface area (Å²) in [5, 5.41) is 2.57. The van der Waals surface area contributed by atoms with Crippen molar-refractivity contribution in [3.8, 4) is 5.75 Å². The molecule has 0 spiro atoms. The molecule has 0 saturated carbocycles. The second-order valence-corrected chi connectivity index (χ2v) is 6.85. The van der Waals surface area contributed by atoms with Crippen LogP contribution in [-0.4, -0.2) is 18.9 Å². The lowest BCUT2D eigenvalue weighted by molar-refractivity contribution is -0.114. The molecule has 0 fully saturated rings. The Morgan fingerprint density at radius 3 is 2.48 bits per heavy atom. The number of anilines is 1. The van der Waals surface area contributed by atoms with Crippen LogP contribution < -0.4 is 15.3 Å². The van der Waals surface area contributed by atoms with Gasteiger partial charge in [-0.05, 0) is 36.4 Å². The number of nitrogens with one attached hydrogen (secondary N) is 1. The Morgan fingerprint density at radius 2 is 1.84 bits per heavy atom. The molecule has 0 saturated heterocycles. The standard InChI is InChI=1S/C16H14N2O6S/c1-10(19)17-11-3-5-12(6-4-11)24-25(21,22)13-7-8-14-15(9-13)23-16(20)18(14)2/h3-9H,1-2H3,(H,17,19). The van der Waals surface area contributed by atoms with Crippen LogP contribution in [0.5, 0.6) is 5.75 Å². The van der Waals surface area contributed by atoms with E-state index in [0.29, 0.717) is 11.2 Å². The van der Waals surface area contributed by atoms with Crippen molar-refractivity contribution in [3.63, 3.8) is 0 Å². The number of nitrogens with zero attached hydrogens (tertiary/aromatic N) is 1. The number of hydrogen-bond donors (Lipinski definition) is 1. The number of carbonyl (C=O) groups is 1. The fourth-order valence-electron chi connectivity index (χ4n) is 2.24. The SMILES string of the molecule is CC(=O)Nc1ccc(OS(=O)(=O)c2ccc3c(c2)oc(=O)n3C)cc1. The van der Waals surface area contributed by atoms with E-state index in [4.69, 9.17) is 8.60 Å². The minimum atomic E-state index is -4.10. The number of carbonyl (C=O) groups excluding carboxylic acids is 1. The molecule has 130 valence electrons. The van der Waals surface area contributed by atoms with Crippen LogP contribution in [0.2, 0.25) is 0 Å². The van der Waals surface area contributed by atoms with Gasteiger partial charge in [0.1, 0.15) is 10.6 Å². The maximum Gasteiger partial charge on any atom is 0.419 e. The Kier molecular flexibility index (Phi) is 4.09. The molecule has 3 aromatic rings. The summed E-state index contributed by atoms with van der Waals surface area (Å²) in [4.78, 5) is 22.3. The third-order valence-corrected chi connectivity index (χ3v) is 4.68. The van der Waals surface area contributed by atoms with Gasteiger partial charge in [0.05, 0.1) is 5.52 Å². The van der Waals surface area contributed by atoms with Crippen LogP contribution in [-0.2, 0) is 22.0 Å². The van der Waals surface area contributed by atoms with Crippen LogP contribution in [0.4, 0.5) is 5.69 Å². The molecule has 0 aliphatic rings. The van der Waals surface area contributed by atoms with Crippen LogP contribution in [0.3, 0.4) is 0 Å². The highest BCUT2D eigenvalue weighted by Crippen LogP contribution is 2.23. The number of rotatable bonds is 4. The third-order valence-electron chi connectivity index (χ3n) is 3.43. The van der Waals surface area contributed by atoms with Gasteiger partial charge in [-0.25, -0.2) is 4.79 Å². The quantitative estimate of drug-likeness (QED) is 0.710. The van der Waals surface area contributed by atoms with Gasteiger partial charge >= 0.3 is 15.9 Å². The van der Waals surface area contributed by atoms with Crippen molar-refractivity contribution in [3.05, 3.63) is 53.0 Å². The van der Waals surface area contributed by atoms with Crippen LogP contribution in [0.15, 0.2) is 56.6 Å². The summed E-state index contributed by atoms with van der Waals surface area (Å²) in [6.07, 6.45) is 0. The van der Waals surface area contributed by atoms with Crippen molar-refractivity contribution in [2.24, 2.45) is 7.05 Å². The van der Waals surface area contributed by atoms with Gasteiger partial charge in [0.2, 0.25) is 5.91 Å². The molecule has 0 aliphatic heterocycles. The van der Waals surface area contributed by atoms with E-state index in [9.17, 15) is 18.0 Å². The highest BCUT2D eigenvalue weighted by atomic mass is 32.2. The number of aryl methyl sites for hydroxylation is 1. The second-order valence-electron chi connectivity index (χ2n) is 5.30. The van der Waals surface area contributed by atoms with E-state index in [1.165, 1.54) is 61.0 Å². The van der Waals surface area contributed by atoms with Crippen molar-refractivity contribution in [1.82, 2.24) is 4.57 Å². The van der Waals surface area contributed by atoms with E-state index in [1.54, 1.807) is 0 Å². The monoisotopic (exact) mass is 362 g/mol. The Bertz CT molecular complexity index is 1110. The molecule has 8 nitrogen and oxygen atoms in total. The first kappa shape index (κ1) is 16.8. The maximum atomic E-state index is 12.4. The molecule has 1 aromatic heterocycles. The van der Waals surface area contributed by atoms with E-state index in [1.807, 2.05) is 0 Å². The van der Waals surface area contributed by atoms with Crippen LogP contribution >= 0.6 is 0 Å². The zero-order chi connectivity index (χ0) is 18.2. The number of aromatic nitrogens is 1. The highest BCUT2D eigenvalue weighted by Gasteiger charge is 2.19. The fourth-order valence-corrected chi connectivity index (χ4v) is 3.19. The molecule has 1 amide bonds. The summed E-state index contributed by atoms with van der Waals surface area (Å²) in [6, 6.07) is 9.91. The number of amides is 1. The number of oxazole rings is 1. The second kappa shape index (κ2) is 6.10. The Morgan fingerprint density at radius 1 is 1.16 bits per heavy atom. The predicted molar refractivity (Wildman–Crippen MR) is 90.0 cm³/mol. The molecule has 9 heteroatoms. The molecule has 0 radical (unpaired) electrons. The van der Waals surface area contributed by atoms with Gasteiger partial charge in [0.25, 0.3) is 0 Å². The number of benzene rings is 2. The van der Waals surface area contributed by atoms with Crippen molar-refractivity contribution >= 4 is 32.8 Å². The van der Waals surface area contributed by atoms with E-state index in [-0.39, 0.29) is 22.1 Å². The molecule has 3 rings (SSSR count). The summed E-state index contributed by atoms with van der Waals surface area (Å²) in [7, 11) is -2.58. The Hall–Kier alpha value is -3.07. The first-order chi connectivity index (χ1) is 11.8. The Labute approximate surface area is 142 Å². The third kappa shape index (κ3) is 3.41. The average molecular weight is 362 g/mol. The maximum absolute atomic E-state index is 12.4. The number of fused-ring (bicyclic) bond motifs is 1. The van der Waals surface area contributed by atoms with E-state index in [2.05, 4.69) is 5.32 Å². The molecule has 2 aromatic carbocycles. The van der Waals surface area contributed by atoms with Crippen molar-refractivity contribution < 1.29 is 21.8 Å². The predicted octanol–water partition coefficient (Wildman–Crippen LogP) is 1.86. The topological polar surface area (TPSA) is 108 Å². The number of hydrogen-bond acceptors (Lipinski definition) is 6. The summed E-state index contributed by atoms with van der Waals surface area (Å²) in [5.74, 6) is -0.735. The van der Waals surface area contributed by atoms with E-state index < -0.39 is 15.9 Å². The Balaban J connectivity index is 1.88. The first-order valence-corrected chi connectivity index (χ1v) is 8.59. The molecule has 0 aliphatic carbocycles. The molecule has 0 bridgehead atoms. The van der Waals surface area contributed by atoms with Crippen molar-refractivity contribution in [2.75, 3.05) is 5.32 Å². The highest BCUT2D eigenvalue weighted by molar-refractivity contribution is 7.87. The molecular weight excluding hydrogens is 348 g/mol. The summed E-state index contributed by atoms with van der Waals surface area (Å²) in [5.41, 5.74) is 1.14. The van der Waals surface area contributed by atoms with Gasteiger partial charge in [0, 0.05) is 25.7 Å². The smallest absolute Gasteiger partial charge is 0.408 e. The lowest BCUT2D eigenvalue weighted by Gasteiger charge is -2.08. The molecule has 0 unspecified atom stereocenters. The fraction of sp³-hybridized carbons (Fsp3) is 0.125. The molecular formula is C16H14N2O6S. The lowest BCUT2D eigenvalue weighted by atomic mass is 10.3. The van der Waals surface area contributed by atoms with Gasteiger partial charge in [-0.1, -0.05) is 0 Å². The summed E-state index contributed by atoms with van der Waals surface area (Å²) >= 11 is 0. The van der Waals surface area contributed by atoms with Crippen LogP contribution in [0.1, 0.15) is 6.92 Å². The van der Waals surface area contributed by atoms with Gasteiger partial charge in [-0.2, -0.15) is 8.42 Å². The summed E-state index contributed by atoms with van der Waals surface area (Å²) < 4.78 is 36.1. The van der Waals surface area contributed by atoms with E-state index in [0.717, 1.165) is 0 Å². The van der Waals surface area contributed by atoms with Gasteiger partial charge < -0.3 is 13.9 Å². The summed E-state index contributed by atoms with van der Waals surface area (Å²) in [6.45, 7) is 1.37. The van der Waals surface area contributed by atoms with Crippen molar-refractivity contribution in [2.45, 2.75) is 11.8 Å². The van der Waals surface area contributed by atoms with Gasteiger partial charge in [-0.3, -0.25) is 9.36 Å². The molecule has 0 atom stereocenters. The largest absolute Gasteiger partial charge is 0.419 e. The zero-order valence-corrected chi connectivity index (χ0v) is 14.2. The van der Waals surface area contributed by atoms with Crippen molar-refractivity contribution in [1.29, 1.82) is 0 Å². The molecule has 25 heavy (non-hydrogen) atoms. The first-order valence-electron chi connectivity index (χ1n) is 7.18. The van der Waals surface area contributed by atoms with Crippen LogP contribution in [0.25, 0.3) is 11.1 Å². The average Bonchev–Trinajstić information content (AvgIpc) is 2.83. The van der Waals surface area contributed by atoms with Gasteiger partial charge in [-0.15, -0.1) is 0 Å². The van der Waals surface area contributed by atoms with E-state index >= 15 is 0 Å². The minimum absolute atomic E-state index is 0.0868. The lowest BCUT2D eigenvalue weighted by Crippen LogP contribution is -2.10. The van der Waals surface area contributed by atoms with Gasteiger partial charge in [0.15, 0.2) is 5.58 Å². The molecule has 1 N–H and O–H groups in total. The zero-order valence-electron chi connectivity index (χ0n) is 13.3. The molecule has 1 heterocycles.